The van der Waals surface area contributed by atoms with E-state index < -0.39 is 0 Å². The minimum atomic E-state index is 0.903. The van der Waals surface area contributed by atoms with E-state index in [2.05, 4.69) is 507 Å². The summed E-state index contributed by atoms with van der Waals surface area (Å²) in [5.41, 5.74) is 35.0. The maximum Gasteiger partial charge on any atom is 0.145 e. The maximum absolute atomic E-state index is 6.68. The number of rotatable bonds is 10. The monoisotopic (exact) mass is 1850 g/mol. The van der Waals surface area contributed by atoms with Crippen molar-refractivity contribution in [1.82, 2.24) is 32.4 Å². The zero-order valence-corrected chi connectivity index (χ0v) is 78.3. The predicted molar refractivity (Wildman–Crippen MR) is 604 cm³/mol. The largest absolute Gasteiger partial charge is 0.455 e. The third-order valence-corrected chi connectivity index (χ3v) is 29.9. The first-order valence-corrected chi connectivity index (χ1v) is 49.4. The molecule has 0 unspecified atom stereocenters. The average molecular weight is 1850 g/mol. The van der Waals surface area contributed by atoms with Crippen molar-refractivity contribution in [2.45, 2.75) is 0 Å². The highest BCUT2D eigenvalue weighted by atomic mass is 16.3. The van der Waals surface area contributed by atoms with Crippen LogP contribution < -0.4 is 0 Å². The molecule has 145 heavy (non-hydrogen) atoms. The van der Waals surface area contributed by atoms with Gasteiger partial charge in [-0.25, -0.2) is 4.98 Å². The standard InChI is InChI=1S/C47H29N3O.C46H28N2O.C42H26N2O/c1-4-13-30(14-5-1)39-20-12-21-40(48-39)31-23-24-34-37-28-38-44(29-43(37)50(42(34)27-31)33-17-8-3-9-18-33)49(32-15-6-2-7-16-32)41-26-25-36-35-19-10-11-22-45(35)51-47(36)46(38)41;1-3-13-33(14-4-1)47-40-24-23-37-36-17-9-10-18-44(36)49-46(37)45(40)39-27-38-35-22-21-32(31-20-19-29-11-7-8-12-30(29)25-31)26-41(35)48(42(38)28-43(39)47)34-15-5-2-6-16-34;1-4-12-27(13-5-1)28-20-22-36-33(24-28)34-25-35-39(26-38(34)43(36)29-14-6-2-7-15-29)44(30-16-8-3-9-17-30)37-23-21-32-31-18-10-11-19-40(31)45-42(32)41(35)37/h1-29H;1-28H;1-26H. The number of fused-ring (bicyclic) bond motifs is 31. The number of benzene rings is 22. The van der Waals surface area contributed by atoms with E-state index in [-0.39, 0.29) is 0 Å². The first kappa shape index (κ1) is 81.4. The van der Waals surface area contributed by atoms with Gasteiger partial charge in [0.1, 0.15) is 33.5 Å². The molecule has 0 spiro atoms. The van der Waals surface area contributed by atoms with Crippen LogP contribution in [0.3, 0.4) is 0 Å². The lowest BCUT2D eigenvalue weighted by Crippen LogP contribution is -1.96. The van der Waals surface area contributed by atoms with Crippen LogP contribution in [-0.4, -0.2) is 32.4 Å². The van der Waals surface area contributed by atoms with Gasteiger partial charge in [0.15, 0.2) is 0 Å². The van der Waals surface area contributed by atoms with E-state index in [4.69, 9.17) is 18.2 Å². The third kappa shape index (κ3) is 12.8. The van der Waals surface area contributed by atoms with E-state index in [0.29, 0.717) is 0 Å². The van der Waals surface area contributed by atoms with Crippen LogP contribution in [0.5, 0.6) is 0 Å². The van der Waals surface area contributed by atoms with E-state index in [9.17, 15) is 0 Å². The molecule has 0 saturated heterocycles. The summed E-state index contributed by atoms with van der Waals surface area (Å²) < 4.78 is 34.4. The molecular weight excluding hydrogens is 1770 g/mol. The second-order valence-corrected chi connectivity index (χ2v) is 37.9. The van der Waals surface area contributed by atoms with Gasteiger partial charge in [0, 0.05) is 126 Å². The Morgan fingerprint density at radius 1 is 0.138 bits per heavy atom. The summed E-state index contributed by atoms with van der Waals surface area (Å²) >= 11 is 0. The Balaban J connectivity index is 0.000000101. The lowest BCUT2D eigenvalue weighted by atomic mass is 10.00. The lowest BCUT2D eigenvalue weighted by Gasteiger charge is -2.10. The van der Waals surface area contributed by atoms with Gasteiger partial charge >= 0.3 is 0 Å². The number of hydrogen-bond donors (Lipinski definition) is 0. The smallest absolute Gasteiger partial charge is 0.145 e. The molecule has 10 heteroatoms. The topological polar surface area (TPSA) is 81.9 Å². The van der Waals surface area contributed by atoms with Crippen molar-refractivity contribution >= 4 is 207 Å². The normalized spacial score (nSPS) is 12.0. The molecule has 0 N–H and O–H groups in total. The van der Waals surface area contributed by atoms with Gasteiger partial charge in [0.2, 0.25) is 0 Å². The SMILES string of the molecule is c1ccc(-c2ccc3c(c2)c2cc4c5c6oc7ccccc7c6ccc5n(-c5ccccc5)c4cc2n3-c2ccccc2)cc1.c1ccc(-c2cccc(-c3ccc4c5cc6c7c8oc9ccccc9c8ccc7n(-c7ccccc7)c6cc5n(-c5ccccc5)c4c3)n2)cc1.c1ccc(-n2c3cc(-c4ccc5ccccc5c4)ccc3c3cc4c5c6oc7ccccc7c6ccc5n(-c5ccccc5)c4cc32)cc1. The van der Waals surface area contributed by atoms with Crippen LogP contribution in [-0.2, 0) is 0 Å². The Labute approximate surface area is 829 Å². The van der Waals surface area contributed by atoms with Crippen molar-refractivity contribution in [2.24, 2.45) is 0 Å². The summed E-state index contributed by atoms with van der Waals surface area (Å²) in [5.74, 6) is 0. The van der Waals surface area contributed by atoms with Crippen molar-refractivity contribution in [3.05, 3.63) is 504 Å². The summed E-state index contributed by atoms with van der Waals surface area (Å²) in [6.45, 7) is 0. The number of nitrogens with zero attached hydrogens (tertiary/aromatic N) is 7. The summed E-state index contributed by atoms with van der Waals surface area (Å²) in [5, 5.41) is 23.6. The van der Waals surface area contributed by atoms with Crippen molar-refractivity contribution in [3.8, 4) is 78.9 Å². The molecule has 0 amide bonds. The van der Waals surface area contributed by atoms with Gasteiger partial charge in [-0.15, -0.1) is 0 Å². The Morgan fingerprint density at radius 3 is 0.834 bits per heavy atom. The summed E-state index contributed by atoms with van der Waals surface area (Å²) in [6.07, 6.45) is 0. The molecule has 0 saturated carbocycles. The molecule has 32 rings (SSSR count). The Bertz CT molecular complexity index is 10900. The molecule has 0 aliphatic heterocycles. The molecule has 32 aromatic rings. The van der Waals surface area contributed by atoms with Crippen LogP contribution >= 0.6 is 0 Å². The van der Waals surface area contributed by atoms with E-state index in [1.54, 1.807) is 0 Å². The van der Waals surface area contributed by atoms with E-state index in [1.165, 1.54) is 104 Å². The van der Waals surface area contributed by atoms with E-state index in [1.807, 2.05) is 24.3 Å². The molecule has 10 nitrogen and oxygen atoms in total. The Hall–Kier alpha value is -19.6. The zero-order chi connectivity index (χ0) is 95.0. The van der Waals surface area contributed by atoms with E-state index >= 15 is 0 Å². The third-order valence-electron chi connectivity index (χ3n) is 29.9. The molecule has 10 heterocycles. The molecule has 10 aromatic heterocycles. The number of pyridine rings is 1. The van der Waals surface area contributed by atoms with Gasteiger partial charge in [-0.1, -0.05) is 297 Å². The Kier molecular flexibility index (Phi) is 18.3. The van der Waals surface area contributed by atoms with Crippen LogP contribution in [0.1, 0.15) is 0 Å². The van der Waals surface area contributed by atoms with Crippen molar-refractivity contribution in [1.29, 1.82) is 0 Å². The van der Waals surface area contributed by atoms with Gasteiger partial charge in [0.25, 0.3) is 0 Å². The summed E-state index contributed by atoms with van der Waals surface area (Å²) in [6, 6.07) is 180. The molecule has 0 atom stereocenters. The zero-order valence-electron chi connectivity index (χ0n) is 78.3. The van der Waals surface area contributed by atoms with Crippen LogP contribution in [0.2, 0.25) is 0 Å². The van der Waals surface area contributed by atoms with Gasteiger partial charge in [-0.2, -0.15) is 0 Å². The summed E-state index contributed by atoms with van der Waals surface area (Å²) in [4.78, 5) is 5.12. The fraction of sp³-hybridized carbons (Fsp3) is 0. The molecule has 0 radical (unpaired) electrons. The quantitative estimate of drug-likeness (QED) is 0.137. The van der Waals surface area contributed by atoms with Gasteiger partial charge < -0.3 is 40.7 Å². The minimum Gasteiger partial charge on any atom is -0.455 e. The van der Waals surface area contributed by atoms with Crippen LogP contribution in [0.4, 0.5) is 0 Å². The second kappa shape index (κ2) is 32.5. The highest BCUT2D eigenvalue weighted by molar-refractivity contribution is 6.31. The van der Waals surface area contributed by atoms with Gasteiger partial charge in [-0.05, 0) is 239 Å². The summed E-state index contributed by atoms with van der Waals surface area (Å²) in [7, 11) is 0. The molecule has 0 aliphatic rings. The molecule has 0 bridgehead atoms. The number of furan rings is 3. The molecule has 22 aromatic carbocycles. The Morgan fingerprint density at radius 2 is 0.414 bits per heavy atom. The first-order chi connectivity index (χ1) is 71.9. The average Bonchev–Trinajstić information content (AvgIpc) is 1.55. The number of aromatic nitrogens is 7. The van der Waals surface area contributed by atoms with Crippen molar-refractivity contribution in [3.63, 3.8) is 0 Å². The lowest BCUT2D eigenvalue weighted by molar-refractivity contribution is 0.672. The van der Waals surface area contributed by atoms with Crippen LogP contribution in [0, 0.1) is 0 Å². The van der Waals surface area contributed by atoms with Crippen LogP contribution in [0.25, 0.3) is 286 Å². The highest BCUT2D eigenvalue weighted by Crippen LogP contribution is 2.51. The van der Waals surface area contributed by atoms with Crippen molar-refractivity contribution in [2.75, 3.05) is 0 Å². The highest BCUT2D eigenvalue weighted by Gasteiger charge is 2.29. The van der Waals surface area contributed by atoms with Crippen LogP contribution in [0.15, 0.2) is 517 Å². The minimum absolute atomic E-state index is 0.903. The maximum atomic E-state index is 6.68. The van der Waals surface area contributed by atoms with Gasteiger partial charge in [-0.3, -0.25) is 0 Å². The number of hydrogen-bond acceptors (Lipinski definition) is 4. The molecule has 0 fully saturated rings. The fourth-order valence-corrected chi connectivity index (χ4v) is 23.4. The molecule has 676 valence electrons. The predicted octanol–water partition coefficient (Wildman–Crippen LogP) is 36.6. The second-order valence-electron chi connectivity index (χ2n) is 37.9. The first-order valence-electron chi connectivity index (χ1n) is 49.4. The van der Waals surface area contributed by atoms with Crippen molar-refractivity contribution < 1.29 is 13.3 Å². The van der Waals surface area contributed by atoms with E-state index in [0.717, 1.165) is 183 Å². The van der Waals surface area contributed by atoms with Gasteiger partial charge in [0.05, 0.1) is 93.7 Å². The number of para-hydroxylation sites is 9. The fourth-order valence-electron chi connectivity index (χ4n) is 23.4. The molecule has 0 aliphatic carbocycles. The molecular formula is C135H83N7O3.